The van der Waals surface area contributed by atoms with Gasteiger partial charge in [-0.25, -0.2) is 9.37 Å². The number of amides is 1. The van der Waals surface area contributed by atoms with Gasteiger partial charge in [0.25, 0.3) is 5.91 Å². The standard InChI is InChI=1S/C29H28FN3O2/c1-20(30)23-7-3-8-24(18-23)27-12-11-22-6-4-10-26(28(22)32-27)29(34)31-25-9-2-5-21(17-25)19-33-13-15-35-16-14-33/h2-12,17-18,20H,13-16,19H2,1H3,(H,31,34). The van der Waals surface area contributed by atoms with Crippen molar-refractivity contribution in [2.45, 2.75) is 19.6 Å². The summed E-state index contributed by atoms with van der Waals surface area (Å²) in [6, 6.07) is 24.7. The number of morpholine rings is 1. The predicted octanol–water partition coefficient (Wildman–Crippen LogP) is 6.02. The summed E-state index contributed by atoms with van der Waals surface area (Å²) in [5.74, 6) is -0.213. The second kappa shape index (κ2) is 10.3. The zero-order valence-electron chi connectivity index (χ0n) is 19.7. The number of aromatic nitrogens is 1. The predicted molar refractivity (Wildman–Crippen MR) is 137 cm³/mol. The third kappa shape index (κ3) is 5.39. The van der Waals surface area contributed by atoms with Gasteiger partial charge in [-0.3, -0.25) is 9.69 Å². The number of ether oxygens (including phenoxy) is 1. The molecular weight excluding hydrogens is 441 g/mol. The van der Waals surface area contributed by atoms with Gasteiger partial charge >= 0.3 is 0 Å². The number of fused-ring (bicyclic) bond motifs is 1. The van der Waals surface area contributed by atoms with E-state index < -0.39 is 6.17 Å². The maximum Gasteiger partial charge on any atom is 0.257 e. The minimum absolute atomic E-state index is 0.213. The van der Waals surface area contributed by atoms with Crippen LogP contribution >= 0.6 is 0 Å². The molecule has 1 amide bonds. The average Bonchev–Trinajstić information content (AvgIpc) is 2.89. The van der Waals surface area contributed by atoms with Crippen LogP contribution in [0, 0.1) is 0 Å². The second-order valence-electron chi connectivity index (χ2n) is 8.86. The number of hydrogen-bond acceptors (Lipinski definition) is 4. The van der Waals surface area contributed by atoms with E-state index in [-0.39, 0.29) is 5.91 Å². The number of anilines is 1. The topological polar surface area (TPSA) is 54.5 Å². The Labute approximate surface area is 204 Å². The quantitative estimate of drug-likeness (QED) is 0.375. The Morgan fingerprint density at radius 2 is 1.83 bits per heavy atom. The third-order valence-corrected chi connectivity index (χ3v) is 6.30. The molecule has 0 radical (unpaired) electrons. The van der Waals surface area contributed by atoms with Gasteiger partial charge in [0.05, 0.1) is 30.0 Å². The van der Waals surface area contributed by atoms with Crippen LogP contribution in [0.3, 0.4) is 0 Å². The van der Waals surface area contributed by atoms with Crippen molar-refractivity contribution in [1.82, 2.24) is 9.88 Å². The number of hydrogen-bond donors (Lipinski definition) is 1. The van der Waals surface area contributed by atoms with E-state index in [0.29, 0.717) is 22.3 Å². The zero-order valence-corrected chi connectivity index (χ0v) is 19.7. The number of nitrogens with zero attached hydrogens (tertiary/aromatic N) is 2. The molecule has 1 atom stereocenters. The van der Waals surface area contributed by atoms with Crippen molar-refractivity contribution in [1.29, 1.82) is 0 Å². The highest BCUT2D eigenvalue weighted by atomic mass is 19.1. The summed E-state index contributed by atoms with van der Waals surface area (Å²) in [5.41, 5.74) is 5.13. The number of benzene rings is 3. The SMILES string of the molecule is CC(F)c1cccc(-c2ccc3cccc(C(=O)Nc4cccc(CN5CCOCC5)c4)c3n2)c1. The van der Waals surface area contributed by atoms with Crippen LogP contribution in [0.1, 0.15) is 34.6 Å². The van der Waals surface area contributed by atoms with E-state index in [9.17, 15) is 9.18 Å². The summed E-state index contributed by atoms with van der Waals surface area (Å²) in [6.07, 6.45) is -1.06. The van der Waals surface area contributed by atoms with E-state index in [4.69, 9.17) is 9.72 Å². The maximum atomic E-state index is 13.8. The summed E-state index contributed by atoms with van der Waals surface area (Å²) in [5, 5.41) is 3.91. The Hall–Kier alpha value is -3.61. The van der Waals surface area contributed by atoms with E-state index in [2.05, 4.69) is 16.3 Å². The number of halogens is 1. The molecule has 0 aliphatic carbocycles. The van der Waals surface area contributed by atoms with Crippen LogP contribution in [-0.4, -0.2) is 42.1 Å². The van der Waals surface area contributed by atoms with Gasteiger partial charge in [-0.15, -0.1) is 0 Å². The lowest BCUT2D eigenvalue weighted by Crippen LogP contribution is -2.35. The van der Waals surface area contributed by atoms with E-state index in [1.807, 2.05) is 60.7 Å². The summed E-state index contributed by atoms with van der Waals surface area (Å²) < 4.78 is 19.3. The van der Waals surface area contributed by atoms with Crippen LogP contribution < -0.4 is 5.32 Å². The molecule has 5 nitrogen and oxygen atoms in total. The fourth-order valence-electron chi connectivity index (χ4n) is 4.40. The number of nitrogens with one attached hydrogen (secondary N) is 1. The fourth-order valence-corrected chi connectivity index (χ4v) is 4.40. The molecule has 1 aliphatic heterocycles. The molecule has 0 bridgehead atoms. The molecule has 1 N–H and O–H groups in total. The lowest BCUT2D eigenvalue weighted by Gasteiger charge is -2.26. The van der Waals surface area contributed by atoms with Crippen LogP contribution in [0.25, 0.3) is 22.2 Å². The fraction of sp³-hybridized carbons (Fsp3) is 0.241. The van der Waals surface area contributed by atoms with Gasteiger partial charge in [-0.2, -0.15) is 0 Å². The van der Waals surface area contributed by atoms with Crippen molar-refractivity contribution in [3.63, 3.8) is 0 Å². The summed E-state index contributed by atoms with van der Waals surface area (Å²) in [6.45, 7) is 5.67. The molecule has 178 valence electrons. The van der Waals surface area contributed by atoms with Gasteiger partial charge < -0.3 is 10.1 Å². The molecule has 4 aromatic rings. The number of carbonyl (C=O) groups is 1. The Morgan fingerprint density at radius 3 is 2.66 bits per heavy atom. The zero-order chi connectivity index (χ0) is 24.2. The van der Waals surface area contributed by atoms with E-state index in [1.54, 1.807) is 12.1 Å². The Kier molecular flexibility index (Phi) is 6.84. The Bertz CT molecular complexity index is 1350. The van der Waals surface area contributed by atoms with Crippen molar-refractivity contribution in [2.75, 3.05) is 31.6 Å². The molecule has 0 spiro atoms. The molecule has 3 aromatic carbocycles. The first-order chi connectivity index (χ1) is 17.1. The minimum atomic E-state index is -1.06. The third-order valence-electron chi connectivity index (χ3n) is 6.30. The van der Waals surface area contributed by atoms with Gasteiger partial charge in [0.15, 0.2) is 0 Å². The monoisotopic (exact) mass is 469 g/mol. The molecule has 1 fully saturated rings. The number of para-hydroxylation sites is 1. The first kappa shape index (κ1) is 23.1. The van der Waals surface area contributed by atoms with Gasteiger partial charge in [-0.1, -0.05) is 48.5 Å². The molecule has 1 aromatic heterocycles. The number of rotatable bonds is 6. The molecule has 2 heterocycles. The Balaban J connectivity index is 1.40. The van der Waals surface area contributed by atoms with Gasteiger partial charge in [0, 0.05) is 36.3 Å². The average molecular weight is 470 g/mol. The normalized spacial score (nSPS) is 15.1. The number of carbonyl (C=O) groups excluding carboxylic acids is 1. The van der Waals surface area contributed by atoms with Crippen LogP contribution in [-0.2, 0) is 11.3 Å². The van der Waals surface area contributed by atoms with E-state index in [1.165, 1.54) is 6.92 Å². The largest absolute Gasteiger partial charge is 0.379 e. The van der Waals surface area contributed by atoms with Crippen molar-refractivity contribution >= 4 is 22.5 Å². The van der Waals surface area contributed by atoms with Gasteiger partial charge in [0.2, 0.25) is 0 Å². The first-order valence-electron chi connectivity index (χ1n) is 11.9. The lowest BCUT2D eigenvalue weighted by atomic mass is 10.0. The number of alkyl halides is 1. The lowest BCUT2D eigenvalue weighted by molar-refractivity contribution is 0.0342. The summed E-state index contributed by atoms with van der Waals surface area (Å²) in [7, 11) is 0. The summed E-state index contributed by atoms with van der Waals surface area (Å²) in [4.78, 5) is 20.4. The van der Waals surface area contributed by atoms with Crippen molar-refractivity contribution < 1.29 is 13.9 Å². The highest BCUT2D eigenvalue weighted by Crippen LogP contribution is 2.27. The molecule has 0 saturated carbocycles. The molecular formula is C29H28FN3O2. The molecule has 1 aliphatic rings. The Morgan fingerprint density at radius 1 is 1.03 bits per heavy atom. The molecule has 1 unspecified atom stereocenters. The van der Waals surface area contributed by atoms with Crippen LogP contribution in [0.4, 0.5) is 10.1 Å². The maximum absolute atomic E-state index is 13.8. The van der Waals surface area contributed by atoms with Crippen LogP contribution in [0.5, 0.6) is 0 Å². The minimum Gasteiger partial charge on any atom is -0.379 e. The highest BCUT2D eigenvalue weighted by molar-refractivity contribution is 6.12. The molecule has 6 heteroatoms. The van der Waals surface area contributed by atoms with Gasteiger partial charge in [0.1, 0.15) is 6.17 Å². The van der Waals surface area contributed by atoms with Crippen LogP contribution in [0.2, 0.25) is 0 Å². The smallest absolute Gasteiger partial charge is 0.257 e. The molecule has 35 heavy (non-hydrogen) atoms. The second-order valence-corrected chi connectivity index (χ2v) is 8.86. The highest BCUT2D eigenvalue weighted by Gasteiger charge is 2.15. The van der Waals surface area contributed by atoms with Gasteiger partial charge in [-0.05, 0) is 48.4 Å². The van der Waals surface area contributed by atoms with E-state index >= 15 is 0 Å². The van der Waals surface area contributed by atoms with Crippen molar-refractivity contribution in [3.8, 4) is 11.3 Å². The van der Waals surface area contributed by atoms with Crippen molar-refractivity contribution in [2.24, 2.45) is 0 Å². The first-order valence-corrected chi connectivity index (χ1v) is 11.9. The number of pyridine rings is 1. The van der Waals surface area contributed by atoms with Crippen molar-refractivity contribution in [3.05, 3.63) is 95.6 Å². The van der Waals surface area contributed by atoms with Crippen LogP contribution in [0.15, 0.2) is 78.9 Å². The molecule has 1 saturated heterocycles. The van der Waals surface area contributed by atoms with E-state index in [0.717, 1.165) is 55.0 Å². The summed E-state index contributed by atoms with van der Waals surface area (Å²) >= 11 is 0. The molecule has 5 rings (SSSR count).